The number of aryl methyl sites for hydroxylation is 2. The average molecular weight is 446 g/mol. The molecule has 0 atom stereocenters. The number of sulfonamides is 1. The topological polar surface area (TPSA) is 64.4 Å². The van der Waals surface area contributed by atoms with Crippen molar-refractivity contribution in [1.29, 1.82) is 0 Å². The second kappa shape index (κ2) is 8.51. The van der Waals surface area contributed by atoms with Gasteiger partial charge in [0.15, 0.2) is 0 Å². The molecule has 3 aromatic rings. The fourth-order valence-corrected chi connectivity index (χ4v) is 5.21. The molecule has 1 aliphatic rings. The first kappa shape index (κ1) is 21.1. The number of halogens is 1. The van der Waals surface area contributed by atoms with Crippen LogP contribution in [0, 0.1) is 6.92 Å². The molecule has 1 aromatic heterocycles. The molecule has 30 heavy (non-hydrogen) atoms. The maximum Gasteiger partial charge on any atom is 0.243 e. The Balaban J connectivity index is 1.50. The SMILES string of the molecule is Cc1ccc(S(=O)(=O)N2CCc3c(c(COCc4ccc(Cl)cc4)nn3C)C2)cc1. The first-order valence-electron chi connectivity index (χ1n) is 9.77. The summed E-state index contributed by atoms with van der Waals surface area (Å²) >= 11 is 5.92. The van der Waals surface area contributed by atoms with Gasteiger partial charge in [-0.3, -0.25) is 4.68 Å². The zero-order valence-corrected chi connectivity index (χ0v) is 18.6. The van der Waals surface area contributed by atoms with Crippen molar-refractivity contribution in [2.75, 3.05) is 6.54 Å². The smallest absolute Gasteiger partial charge is 0.243 e. The lowest BCUT2D eigenvalue weighted by Crippen LogP contribution is -2.36. The zero-order chi connectivity index (χ0) is 21.3. The highest BCUT2D eigenvalue weighted by atomic mass is 35.5. The number of rotatable bonds is 6. The van der Waals surface area contributed by atoms with Gasteiger partial charge in [0.2, 0.25) is 10.0 Å². The Hall–Kier alpha value is -2.19. The highest BCUT2D eigenvalue weighted by Crippen LogP contribution is 2.27. The molecule has 0 aliphatic carbocycles. The van der Waals surface area contributed by atoms with E-state index in [1.54, 1.807) is 12.1 Å². The molecule has 0 saturated carbocycles. The van der Waals surface area contributed by atoms with Crippen LogP contribution < -0.4 is 0 Å². The van der Waals surface area contributed by atoms with Crippen molar-refractivity contribution in [1.82, 2.24) is 14.1 Å². The molecule has 0 N–H and O–H groups in total. The van der Waals surface area contributed by atoms with Gasteiger partial charge in [0, 0.05) is 42.8 Å². The van der Waals surface area contributed by atoms with Crippen LogP contribution in [0.15, 0.2) is 53.4 Å². The minimum atomic E-state index is -3.55. The summed E-state index contributed by atoms with van der Waals surface area (Å²) in [5, 5.41) is 5.27. The summed E-state index contributed by atoms with van der Waals surface area (Å²) in [4.78, 5) is 0.320. The van der Waals surface area contributed by atoms with E-state index >= 15 is 0 Å². The quantitative estimate of drug-likeness (QED) is 0.578. The third-order valence-corrected chi connectivity index (χ3v) is 7.48. The van der Waals surface area contributed by atoms with Crippen molar-refractivity contribution >= 4 is 21.6 Å². The fourth-order valence-electron chi connectivity index (χ4n) is 3.67. The lowest BCUT2D eigenvalue weighted by atomic mass is 10.1. The van der Waals surface area contributed by atoms with Gasteiger partial charge >= 0.3 is 0 Å². The minimum absolute atomic E-state index is 0.305. The Kier molecular flexibility index (Phi) is 5.97. The summed E-state index contributed by atoms with van der Waals surface area (Å²) in [5.74, 6) is 0. The van der Waals surface area contributed by atoms with Gasteiger partial charge in [-0.1, -0.05) is 41.4 Å². The van der Waals surface area contributed by atoms with Gasteiger partial charge in [0.05, 0.1) is 23.8 Å². The van der Waals surface area contributed by atoms with Crippen LogP contribution >= 0.6 is 11.6 Å². The molecule has 0 saturated heterocycles. The third kappa shape index (κ3) is 4.30. The molecular formula is C22H24ClN3O3S. The van der Waals surface area contributed by atoms with Crippen molar-refractivity contribution in [3.05, 3.63) is 81.6 Å². The summed E-state index contributed by atoms with van der Waals surface area (Å²) in [6.07, 6.45) is 0.626. The number of hydrogen-bond donors (Lipinski definition) is 0. The van der Waals surface area contributed by atoms with E-state index in [1.807, 2.05) is 55.1 Å². The van der Waals surface area contributed by atoms with Crippen LogP contribution in [0.25, 0.3) is 0 Å². The Morgan fingerprint density at radius 1 is 1.07 bits per heavy atom. The van der Waals surface area contributed by atoms with Gasteiger partial charge in [-0.25, -0.2) is 8.42 Å². The molecule has 158 valence electrons. The van der Waals surface area contributed by atoms with Crippen LogP contribution in [0.3, 0.4) is 0 Å². The molecule has 2 aromatic carbocycles. The van der Waals surface area contributed by atoms with Crippen LogP contribution in [0.1, 0.15) is 28.1 Å². The van der Waals surface area contributed by atoms with E-state index in [4.69, 9.17) is 16.3 Å². The van der Waals surface area contributed by atoms with Gasteiger partial charge in [-0.2, -0.15) is 9.40 Å². The third-order valence-electron chi connectivity index (χ3n) is 5.37. The summed E-state index contributed by atoms with van der Waals surface area (Å²) in [7, 11) is -1.66. The van der Waals surface area contributed by atoms with Crippen LogP contribution in [0.4, 0.5) is 0 Å². The molecule has 2 heterocycles. The Morgan fingerprint density at radius 2 is 1.77 bits per heavy atom. The van der Waals surface area contributed by atoms with E-state index in [2.05, 4.69) is 5.10 Å². The summed E-state index contributed by atoms with van der Waals surface area (Å²) < 4.78 is 35.4. The van der Waals surface area contributed by atoms with Crippen molar-refractivity contribution < 1.29 is 13.2 Å². The zero-order valence-electron chi connectivity index (χ0n) is 17.0. The average Bonchev–Trinajstić information content (AvgIpc) is 3.05. The molecule has 6 nitrogen and oxygen atoms in total. The highest BCUT2D eigenvalue weighted by Gasteiger charge is 2.31. The van der Waals surface area contributed by atoms with Gasteiger partial charge in [-0.15, -0.1) is 0 Å². The van der Waals surface area contributed by atoms with Gasteiger partial charge in [0.25, 0.3) is 0 Å². The lowest BCUT2D eigenvalue weighted by Gasteiger charge is -2.27. The number of hydrogen-bond acceptors (Lipinski definition) is 4. The van der Waals surface area contributed by atoms with Crippen molar-refractivity contribution in [2.45, 2.75) is 38.0 Å². The number of ether oxygens (including phenoxy) is 1. The second-order valence-electron chi connectivity index (χ2n) is 7.52. The first-order chi connectivity index (χ1) is 14.3. The van der Waals surface area contributed by atoms with E-state index in [0.29, 0.717) is 42.6 Å². The van der Waals surface area contributed by atoms with E-state index in [0.717, 1.165) is 28.1 Å². The fraction of sp³-hybridized carbons (Fsp3) is 0.318. The predicted octanol–water partition coefficient (Wildman–Crippen LogP) is 3.85. The van der Waals surface area contributed by atoms with Crippen molar-refractivity contribution in [3.8, 4) is 0 Å². The second-order valence-corrected chi connectivity index (χ2v) is 9.89. The van der Waals surface area contributed by atoms with Crippen LogP contribution in [0.2, 0.25) is 5.02 Å². The normalized spacial score (nSPS) is 14.6. The molecule has 0 bridgehead atoms. The Morgan fingerprint density at radius 3 is 2.47 bits per heavy atom. The molecule has 0 amide bonds. The Labute approximate surface area is 182 Å². The first-order valence-corrected chi connectivity index (χ1v) is 11.6. The van der Waals surface area contributed by atoms with Crippen molar-refractivity contribution in [2.24, 2.45) is 7.05 Å². The highest BCUT2D eigenvalue weighted by molar-refractivity contribution is 7.89. The van der Waals surface area contributed by atoms with Crippen LogP contribution in [-0.2, 0) is 48.0 Å². The molecule has 8 heteroatoms. The molecule has 1 aliphatic heterocycles. The molecular weight excluding hydrogens is 422 g/mol. The van der Waals surface area contributed by atoms with Gasteiger partial charge < -0.3 is 4.74 Å². The van der Waals surface area contributed by atoms with Gasteiger partial charge in [0.1, 0.15) is 0 Å². The largest absolute Gasteiger partial charge is 0.370 e. The van der Waals surface area contributed by atoms with Crippen molar-refractivity contribution in [3.63, 3.8) is 0 Å². The maximum atomic E-state index is 13.1. The van der Waals surface area contributed by atoms with Gasteiger partial charge in [-0.05, 0) is 36.8 Å². The summed E-state index contributed by atoms with van der Waals surface area (Å²) in [6.45, 7) is 3.44. The minimum Gasteiger partial charge on any atom is -0.370 e. The predicted molar refractivity (Wildman–Crippen MR) is 116 cm³/mol. The van der Waals surface area contributed by atoms with E-state index < -0.39 is 10.0 Å². The molecule has 0 unspecified atom stereocenters. The monoisotopic (exact) mass is 445 g/mol. The van der Waals surface area contributed by atoms with Crippen LogP contribution in [0.5, 0.6) is 0 Å². The number of fused-ring (bicyclic) bond motifs is 1. The van der Waals surface area contributed by atoms with Crippen LogP contribution in [-0.4, -0.2) is 29.0 Å². The number of benzene rings is 2. The molecule has 4 rings (SSSR count). The maximum absolute atomic E-state index is 13.1. The van der Waals surface area contributed by atoms with E-state index in [-0.39, 0.29) is 0 Å². The number of nitrogens with zero attached hydrogens (tertiary/aromatic N) is 3. The molecule has 0 radical (unpaired) electrons. The Bertz CT molecular complexity index is 1140. The lowest BCUT2D eigenvalue weighted by molar-refractivity contribution is 0.103. The standard InChI is InChI=1S/C22H24ClN3O3S/c1-16-3-9-19(10-4-16)30(27,28)26-12-11-22-20(13-26)21(24-25(22)2)15-29-14-17-5-7-18(23)8-6-17/h3-10H,11-15H2,1-2H3. The van der Waals surface area contributed by atoms with E-state index in [9.17, 15) is 8.42 Å². The number of aromatic nitrogens is 2. The molecule has 0 spiro atoms. The summed E-state index contributed by atoms with van der Waals surface area (Å²) in [5.41, 5.74) is 4.84. The summed E-state index contributed by atoms with van der Waals surface area (Å²) in [6, 6.07) is 14.5. The molecule has 0 fully saturated rings. The van der Waals surface area contributed by atoms with E-state index in [1.165, 1.54) is 4.31 Å².